The largest absolute Gasteiger partial charge is 0.497 e. The first kappa shape index (κ1) is 12.6. The summed E-state index contributed by atoms with van der Waals surface area (Å²) >= 11 is 0. The molecule has 1 saturated heterocycles. The Morgan fingerprint density at radius 2 is 1.65 bits per heavy atom. The molecule has 0 bridgehead atoms. The third-order valence-electron chi connectivity index (χ3n) is 2.71. The van der Waals surface area contributed by atoms with Crippen LogP contribution in [0.5, 0.6) is 0 Å². The normalized spacial score (nSPS) is 16.9. The van der Waals surface area contributed by atoms with Crippen molar-refractivity contribution in [3.05, 3.63) is 24.3 Å². The molecular formula is C11H16B2O4. The zero-order chi connectivity index (χ0) is 12.6. The molecule has 0 atom stereocenters. The van der Waals surface area contributed by atoms with Crippen molar-refractivity contribution in [3.63, 3.8) is 0 Å². The van der Waals surface area contributed by atoms with Gasteiger partial charge in [0.15, 0.2) is 0 Å². The highest BCUT2D eigenvalue weighted by atomic mass is 16.8. The Morgan fingerprint density at radius 1 is 1.12 bits per heavy atom. The van der Waals surface area contributed by atoms with Crippen molar-refractivity contribution >= 4 is 25.2 Å². The Hall–Kier alpha value is -0.810. The van der Waals surface area contributed by atoms with E-state index in [1.54, 1.807) is 24.3 Å². The summed E-state index contributed by atoms with van der Waals surface area (Å²) in [7, 11) is -1.78. The van der Waals surface area contributed by atoms with Crippen molar-refractivity contribution in [2.75, 3.05) is 0 Å². The van der Waals surface area contributed by atoms with Gasteiger partial charge in [0.2, 0.25) is 0 Å². The van der Waals surface area contributed by atoms with E-state index in [2.05, 4.69) is 20.8 Å². The Kier molecular flexibility index (Phi) is 3.32. The predicted octanol–water partition coefficient (Wildman–Crippen LogP) is -0.519. The van der Waals surface area contributed by atoms with E-state index >= 15 is 0 Å². The van der Waals surface area contributed by atoms with Crippen molar-refractivity contribution in [3.8, 4) is 0 Å². The molecule has 0 saturated carbocycles. The summed E-state index contributed by atoms with van der Waals surface area (Å²) < 4.78 is 11.3. The Bertz CT molecular complexity index is 379. The van der Waals surface area contributed by atoms with Gasteiger partial charge in [-0.1, -0.05) is 45.0 Å². The molecule has 1 aliphatic heterocycles. The van der Waals surface area contributed by atoms with Gasteiger partial charge in [0.05, 0.1) is 0 Å². The van der Waals surface area contributed by atoms with Gasteiger partial charge in [-0.25, -0.2) is 0 Å². The minimum atomic E-state index is -1.44. The van der Waals surface area contributed by atoms with Crippen LogP contribution in [0.15, 0.2) is 24.3 Å². The molecule has 0 radical (unpaired) electrons. The molecule has 17 heavy (non-hydrogen) atoms. The highest BCUT2D eigenvalue weighted by molar-refractivity contribution is 6.63. The van der Waals surface area contributed by atoms with E-state index in [-0.39, 0.29) is 18.8 Å². The molecule has 1 aromatic carbocycles. The monoisotopic (exact) mass is 234 g/mol. The molecule has 0 spiro atoms. The molecule has 0 aromatic heterocycles. The number of hydrogen-bond acceptors (Lipinski definition) is 4. The van der Waals surface area contributed by atoms with Crippen LogP contribution >= 0.6 is 0 Å². The van der Waals surface area contributed by atoms with Crippen molar-refractivity contribution in [2.45, 2.75) is 27.1 Å². The maximum atomic E-state index is 8.97. The van der Waals surface area contributed by atoms with Crippen LogP contribution in [-0.2, 0) is 9.31 Å². The fourth-order valence-electron chi connectivity index (χ4n) is 1.63. The molecule has 0 amide bonds. The highest BCUT2D eigenvalue weighted by Gasteiger charge is 2.44. The van der Waals surface area contributed by atoms with E-state index in [0.717, 1.165) is 5.46 Å². The zero-order valence-corrected chi connectivity index (χ0v) is 10.3. The van der Waals surface area contributed by atoms with Gasteiger partial charge in [-0.15, -0.1) is 0 Å². The fraction of sp³-hybridized carbons (Fsp3) is 0.455. The van der Waals surface area contributed by atoms with Crippen LogP contribution < -0.4 is 10.9 Å². The lowest BCUT2D eigenvalue weighted by atomic mass is 9.71. The van der Waals surface area contributed by atoms with Crippen LogP contribution in [0.25, 0.3) is 0 Å². The lowest BCUT2D eigenvalue weighted by Crippen LogP contribution is -2.57. The smallest absolute Gasteiger partial charge is 0.423 e. The zero-order valence-electron chi connectivity index (χ0n) is 10.3. The quantitative estimate of drug-likeness (QED) is 0.676. The number of rotatable bonds is 2. The molecule has 1 heterocycles. The summed E-state index contributed by atoms with van der Waals surface area (Å²) in [6.45, 7) is 6.16. The molecule has 1 aromatic rings. The molecule has 4 nitrogen and oxygen atoms in total. The topological polar surface area (TPSA) is 58.9 Å². The first-order chi connectivity index (χ1) is 7.88. The first-order valence-corrected chi connectivity index (χ1v) is 5.65. The summed E-state index contributed by atoms with van der Waals surface area (Å²) in [5.41, 5.74) is 1.31. The van der Waals surface area contributed by atoms with E-state index in [1.807, 2.05) is 0 Å². The lowest BCUT2D eigenvalue weighted by molar-refractivity contribution is -0.167. The SMILES string of the molecule is CC(C)(C)C1OB(c2ccc(B(O)O)cc2)O1. The van der Waals surface area contributed by atoms with Gasteiger partial charge in [-0.05, 0) is 10.9 Å². The summed E-state index contributed by atoms with van der Waals surface area (Å²) in [4.78, 5) is 0. The van der Waals surface area contributed by atoms with E-state index in [9.17, 15) is 0 Å². The second-order valence-electron chi connectivity index (χ2n) is 5.34. The van der Waals surface area contributed by atoms with Gasteiger partial charge in [0.25, 0.3) is 0 Å². The highest BCUT2D eigenvalue weighted by Crippen LogP contribution is 2.30. The Balaban J connectivity index is 1.98. The molecule has 6 heteroatoms. The summed E-state index contributed by atoms with van der Waals surface area (Å²) in [5, 5.41) is 17.9. The van der Waals surface area contributed by atoms with Crippen LogP contribution in [0.1, 0.15) is 20.8 Å². The average molecular weight is 234 g/mol. The molecule has 1 aliphatic rings. The van der Waals surface area contributed by atoms with Gasteiger partial charge >= 0.3 is 14.2 Å². The molecule has 2 rings (SSSR count). The lowest BCUT2D eigenvalue weighted by Gasteiger charge is -2.42. The van der Waals surface area contributed by atoms with Gasteiger partial charge in [0, 0.05) is 5.41 Å². The van der Waals surface area contributed by atoms with Crippen molar-refractivity contribution in [1.29, 1.82) is 0 Å². The Labute approximate surface area is 102 Å². The van der Waals surface area contributed by atoms with Crippen LogP contribution in [0.4, 0.5) is 0 Å². The third kappa shape index (κ3) is 2.72. The van der Waals surface area contributed by atoms with Gasteiger partial charge in [-0.2, -0.15) is 0 Å². The Morgan fingerprint density at radius 3 is 2.06 bits per heavy atom. The maximum absolute atomic E-state index is 8.97. The standard InChI is InChI=1S/C11H16B2O4/c1-11(2,3)10-16-13(17-10)9-6-4-8(5-7-9)12(14)15/h4-7,10,14-15H,1-3H3. The fourth-order valence-corrected chi connectivity index (χ4v) is 1.63. The first-order valence-electron chi connectivity index (χ1n) is 5.65. The summed E-state index contributed by atoms with van der Waals surface area (Å²) in [6, 6.07) is 6.85. The summed E-state index contributed by atoms with van der Waals surface area (Å²) in [6.07, 6.45) is -0.185. The van der Waals surface area contributed by atoms with Crippen molar-refractivity contribution in [2.24, 2.45) is 5.41 Å². The molecule has 0 unspecified atom stereocenters. The molecule has 1 fully saturated rings. The van der Waals surface area contributed by atoms with Crippen molar-refractivity contribution in [1.82, 2.24) is 0 Å². The molecule has 0 aliphatic carbocycles. The van der Waals surface area contributed by atoms with E-state index in [0.29, 0.717) is 5.46 Å². The van der Waals surface area contributed by atoms with Gasteiger partial charge in [-0.3, -0.25) is 0 Å². The number of benzene rings is 1. The number of hydrogen-bond donors (Lipinski definition) is 2. The van der Waals surface area contributed by atoms with Crippen LogP contribution in [0, 0.1) is 5.41 Å². The average Bonchev–Trinajstić information content (AvgIpc) is 2.13. The van der Waals surface area contributed by atoms with Gasteiger partial charge in [0.1, 0.15) is 6.29 Å². The second-order valence-corrected chi connectivity index (χ2v) is 5.34. The minimum absolute atomic E-state index is 0.0300. The second kappa shape index (κ2) is 4.46. The molecule has 2 N–H and O–H groups in total. The van der Waals surface area contributed by atoms with Crippen LogP contribution in [0.3, 0.4) is 0 Å². The van der Waals surface area contributed by atoms with Crippen molar-refractivity contribution < 1.29 is 19.4 Å². The maximum Gasteiger partial charge on any atom is 0.497 e. The van der Waals surface area contributed by atoms with Gasteiger partial charge < -0.3 is 19.4 Å². The molecular weight excluding hydrogens is 218 g/mol. The van der Waals surface area contributed by atoms with E-state index in [4.69, 9.17) is 19.4 Å². The van der Waals surface area contributed by atoms with Crippen LogP contribution in [-0.4, -0.2) is 30.6 Å². The van der Waals surface area contributed by atoms with E-state index < -0.39 is 7.12 Å². The minimum Gasteiger partial charge on any atom is -0.423 e. The molecule has 90 valence electrons. The van der Waals surface area contributed by atoms with E-state index in [1.165, 1.54) is 0 Å². The van der Waals surface area contributed by atoms with Crippen LogP contribution in [0.2, 0.25) is 0 Å². The predicted molar refractivity (Wildman–Crippen MR) is 67.1 cm³/mol. The third-order valence-corrected chi connectivity index (χ3v) is 2.71. The summed E-state index contributed by atoms with van der Waals surface area (Å²) in [5.74, 6) is 0.